The number of pyridine rings is 1. The second-order valence-corrected chi connectivity index (χ2v) is 6.32. The average molecular weight is 347 g/mol. The summed E-state index contributed by atoms with van der Waals surface area (Å²) < 4.78 is 0. The topological polar surface area (TPSA) is 87.0 Å². The highest BCUT2D eigenvalue weighted by molar-refractivity contribution is 6.06. The highest BCUT2D eigenvalue weighted by Gasteiger charge is 2.30. The summed E-state index contributed by atoms with van der Waals surface area (Å²) in [6, 6.07) is 13.6. The van der Waals surface area contributed by atoms with Crippen molar-refractivity contribution >= 4 is 23.1 Å². The first-order valence-corrected chi connectivity index (χ1v) is 8.75. The highest BCUT2D eigenvalue weighted by Crippen LogP contribution is 2.38. The molecule has 0 spiro atoms. The Morgan fingerprint density at radius 1 is 1.27 bits per heavy atom. The first-order chi connectivity index (χ1) is 12.7. The third kappa shape index (κ3) is 2.79. The number of amides is 1. The number of nitrogens with one attached hydrogen (secondary N) is 2. The number of likely N-dealkylation sites (N-methyl/N-ethyl adjacent to an activating group) is 1. The molecule has 0 fully saturated rings. The first-order valence-electron chi connectivity index (χ1n) is 8.75. The Kier molecular flexibility index (Phi) is 4.08. The van der Waals surface area contributed by atoms with Crippen LogP contribution in [0.3, 0.4) is 0 Å². The van der Waals surface area contributed by atoms with Crippen molar-refractivity contribution in [2.24, 2.45) is 0 Å². The number of nitrogen functional groups attached to an aromatic ring is 1. The number of hydrogen-bond acceptors (Lipinski definition) is 4. The van der Waals surface area contributed by atoms with Crippen LogP contribution in [0.2, 0.25) is 0 Å². The van der Waals surface area contributed by atoms with Gasteiger partial charge in [-0.2, -0.15) is 0 Å². The summed E-state index contributed by atoms with van der Waals surface area (Å²) >= 11 is 0. The zero-order valence-corrected chi connectivity index (χ0v) is 14.6. The third-order valence-corrected chi connectivity index (χ3v) is 4.71. The molecule has 1 aromatic carbocycles. The molecule has 0 aliphatic carbocycles. The van der Waals surface area contributed by atoms with E-state index in [-0.39, 0.29) is 5.91 Å². The normalized spacial score (nSPS) is 13.6. The molecule has 6 nitrogen and oxygen atoms in total. The summed E-state index contributed by atoms with van der Waals surface area (Å²) in [7, 11) is 0. The van der Waals surface area contributed by atoms with Crippen LogP contribution in [0.1, 0.15) is 23.0 Å². The summed E-state index contributed by atoms with van der Waals surface area (Å²) in [5.41, 5.74) is 11.0. The summed E-state index contributed by atoms with van der Waals surface area (Å²) in [5, 5.41) is 3.43. The molecule has 0 bridgehead atoms. The van der Waals surface area contributed by atoms with Crippen LogP contribution in [0.25, 0.3) is 11.3 Å². The minimum Gasteiger partial charge on any atom is -0.384 e. The molecule has 0 atom stereocenters. The van der Waals surface area contributed by atoms with Crippen LogP contribution in [0.4, 0.5) is 17.2 Å². The van der Waals surface area contributed by atoms with E-state index in [2.05, 4.69) is 15.3 Å². The van der Waals surface area contributed by atoms with E-state index in [0.717, 1.165) is 41.3 Å². The number of nitrogens with two attached hydrogens (primary N) is 1. The summed E-state index contributed by atoms with van der Waals surface area (Å²) in [4.78, 5) is 22.4. The number of anilines is 3. The zero-order chi connectivity index (χ0) is 18.1. The van der Waals surface area contributed by atoms with Crippen molar-refractivity contribution in [1.29, 1.82) is 0 Å². The number of aromatic nitrogens is 2. The molecular weight excluding hydrogens is 326 g/mol. The van der Waals surface area contributed by atoms with Crippen molar-refractivity contribution in [2.45, 2.75) is 13.3 Å². The van der Waals surface area contributed by atoms with Crippen molar-refractivity contribution in [3.05, 3.63) is 59.9 Å². The fourth-order valence-corrected chi connectivity index (χ4v) is 3.39. The van der Waals surface area contributed by atoms with Crippen LogP contribution in [0, 0.1) is 0 Å². The van der Waals surface area contributed by atoms with E-state index >= 15 is 0 Å². The van der Waals surface area contributed by atoms with Crippen molar-refractivity contribution in [1.82, 2.24) is 14.9 Å². The van der Waals surface area contributed by atoms with Crippen molar-refractivity contribution in [3.63, 3.8) is 0 Å². The minimum absolute atomic E-state index is 0.0525. The number of carbonyl (C=O) groups is 1. The molecule has 0 saturated carbocycles. The number of carbonyl (C=O) groups excluding carboxylic acids is 1. The van der Waals surface area contributed by atoms with E-state index in [4.69, 9.17) is 5.73 Å². The standard InChI is InChI=1S/C20H21N5O/c1-2-25-11-9-15-17(20(25)26)19(23-14-6-4-3-5-7-14)18(24-15)13-8-10-22-16(21)12-13/h3-8,10,12,23-24H,2,9,11H2,1H3,(H2,21,22). The Balaban J connectivity index is 1.88. The number of nitrogens with zero attached hydrogens (tertiary/aromatic N) is 2. The molecule has 26 heavy (non-hydrogen) atoms. The van der Waals surface area contributed by atoms with Gasteiger partial charge in [0.05, 0.1) is 16.9 Å². The van der Waals surface area contributed by atoms with E-state index in [1.165, 1.54) is 0 Å². The van der Waals surface area contributed by atoms with Crippen LogP contribution in [-0.2, 0) is 6.42 Å². The van der Waals surface area contributed by atoms with Crippen LogP contribution in [0.5, 0.6) is 0 Å². The number of para-hydroxylation sites is 1. The lowest BCUT2D eigenvalue weighted by atomic mass is 10.0. The van der Waals surface area contributed by atoms with Gasteiger partial charge in [-0.25, -0.2) is 4.98 Å². The predicted octanol–water partition coefficient (Wildman–Crippen LogP) is 3.42. The number of hydrogen-bond donors (Lipinski definition) is 3. The smallest absolute Gasteiger partial charge is 0.257 e. The number of rotatable bonds is 4. The zero-order valence-electron chi connectivity index (χ0n) is 14.6. The van der Waals surface area contributed by atoms with Gasteiger partial charge < -0.3 is 20.9 Å². The predicted molar refractivity (Wildman–Crippen MR) is 103 cm³/mol. The Bertz CT molecular complexity index is 948. The van der Waals surface area contributed by atoms with Crippen molar-refractivity contribution < 1.29 is 4.79 Å². The van der Waals surface area contributed by atoms with Crippen LogP contribution >= 0.6 is 0 Å². The van der Waals surface area contributed by atoms with E-state index in [0.29, 0.717) is 17.9 Å². The Morgan fingerprint density at radius 3 is 2.81 bits per heavy atom. The molecule has 1 amide bonds. The van der Waals surface area contributed by atoms with Gasteiger partial charge in [-0.05, 0) is 31.2 Å². The maximum atomic E-state index is 13.0. The van der Waals surface area contributed by atoms with Gasteiger partial charge in [-0.3, -0.25) is 4.79 Å². The SMILES string of the molecule is CCN1CCc2[nH]c(-c3ccnc(N)c3)c(Nc3ccccc3)c2C1=O. The van der Waals surface area contributed by atoms with Crippen LogP contribution < -0.4 is 11.1 Å². The van der Waals surface area contributed by atoms with Crippen molar-refractivity contribution in [2.75, 3.05) is 24.1 Å². The third-order valence-electron chi connectivity index (χ3n) is 4.71. The number of fused-ring (bicyclic) bond motifs is 1. The van der Waals surface area contributed by atoms with Gasteiger partial charge in [0.1, 0.15) is 5.82 Å². The maximum absolute atomic E-state index is 13.0. The van der Waals surface area contributed by atoms with Crippen LogP contribution in [0.15, 0.2) is 48.7 Å². The van der Waals surface area contributed by atoms with E-state index in [9.17, 15) is 4.79 Å². The first kappa shape index (κ1) is 16.2. The second-order valence-electron chi connectivity index (χ2n) is 6.32. The molecule has 1 aliphatic heterocycles. The molecule has 3 aromatic rings. The average Bonchev–Trinajstić information content (AvgIpc) is 3.02. The minimum atomic E-state index is 0.0525. The molecule has 3 heterocycles. The van der Waals surface area contributed by atoms with Crippen LogP contribution in [-0.4, -0.2) is 33.9 Å². The Hall–Kier alpha value is -3.28. The summed E-state index contributed by atoms with van der Waals surface area (Å²) in [6.07, 6.45) is 2.48. The van der Waals surface area contributed by atoms with Gasteiger partial charge in [-0.1, -0.05) is 18.2 Å². The van der Waals surface area contributed by atoms with Gasteiger partial charge in [0.2, 0.25) is 0 Å². The van der Waals surface area contributed by atoms with Gasteiger partial charge in [0, 0.05) is 42.7 Å². The lowest BCUT2D eigenvalue weighted by molar-refractivity contribution is 0.0750. The van der Waals surface area contributed by atoms with E-state index in [1.807, 2.05) is 54.3 Å². The number of H-pyrrole nitrogens is 1. The lowest BCUT2D eigenvalue weighted by Gasteiger charge is -2.26. The molecule has 2 aromatic heterocycles. The maximum Gasteiger partial charge on any atom is 0.257 e. The van der Waals surface area contributed by atoms with Gasteiger partial charge >= 0.3 is 0 Å². The molecule has 0 saturated heterocycles. The monoisotopic (exact) mass is 347 g/mol. The molecular formula is C20H21N5O. The fourth-order valence-electron chi connectivity index (χ4n) is 3.39. The largest absolute Gasteiger partial charge is 0.384 e. The molecule has 6 heteroatoms. The second kappa shape index (κ2) is 6.55. The van der Waals surface area contributed by atoms with E-state index < -0.39 is 0 Å². The van der Waals surface area contributed by atoms with Gasteiger partial charge in [-0.15, -0.1) is 0 Å². The fraction of sp³-hybridized carbons (Fsp3) is 0.200. The summed E-state index contributed by atoms with van der Waals surface area (Å²) in [6.45, 7) is 3.43. The molecule has 1 aliphatic rings. The molecule has 132 valence electrons. The van der Waals surface area contributed by atoms with Gasteiger partial charge in [0.15, 0.2) is 0 Å². The van der Waals surface area contributed by atoms with Crippen molar-refractivity contribution in [3.8, 4) is 11.3 Å². The molecule has 4 N–H and O–H groups in total. The quantitative estimate of drug-likeness (QED) is 0.675. The Labute approximate surface area is 152 Å². The Morgan fingerprint density at radius 2 is 2.08 bits per heavy atom. The molecule has 4 rings (SSSR count). The lowest BCUT2D eigenvalue weighted by Crippen LogP contribution is -2.37. The number of aromatic amines is 1. The molecule has 0 unspecified atom stereocenters. The number of benzene rings is 1. The van der Waals surface area contributed by atoms with Gasteiger partial charge in [0.25, 0.3) is 5.91 Å². The summed E-state index contributed by atoms with van der Waals surface area (Å²) in [5.74, 6) is 0.499. The van der Waals surface area contributed by atoms with E-state index in [1.54, 1.807) is 6.20 Å². The highest BCUT2D eigenvalue weighted by atomic mass is 16.2. The molecule has 0 radical (unpaired) electrons.